The molecule has 0 aliphatic carbocycles. The third-order valence-electron chi connectivity index (χ3n) is 3.29. The molecule has 1 amide bonds. The van der Waals surface area contributed by atoms with E-state index in [1.165, 1.54) is 0 Å². The van der Waals surface area contributed by atoms with Crippen LogP contribution in [-0.4, -0.2) is 38.7 Å². The first kappa shape index (κ1) is 17.2. The second kappa shape index (κ2) is 6.17. The fraction of sp³-hybridized carbons (Fsp3) is 0.308. The van der Waals surface area contributed by atoms with Crippen LogP contribution in [0, 0.1) is 5.82 Å². The number of carbonyl (C=O) groups is 1. The summed E-state index contributed by atoms with van der Waals surface area (Å²) in [5.74, 6) is -6.79. The molecule has 2 aromatic rings. The van der Waals surface area contributed by atoms with E-state index in [9.17, 15) is 23.1 Å². The van der Waals surface area contributed by atoms with Gasteiger partial charge in [-0.15, -0.1) is 0 Å². The molecule has 10 heteroatoms. The van der Waals surface area contributed by atoms with Gasteiger partial charge in [0.25, 0.3) is 5.91 Å². The lowest BCUT2D eigenvalue weighted by Crippen LogP contribution is -2.56. The molecule has 0 radical (unpaired) electrons. The van der Waals surface area contributed by atoms with E-state index >= 15 is 0 Å². The lowest BCUT2D eigenvalue weighted by molar-refractivity contribution is -0.201. The van der Waals surface area contributed by atoms with Gasteiger partial charge in [-0.2, -0.15) is 13.9 Å². The van der Waals surface area contributed by atoms with Gasteiger partial charge in [-0.05, 0) is 17.7 Å². The Labute approximate surface area is 133 Å². The number of nitrogens with zero attached hydrogens (tertiary/aromatic N) is 3. The second-order valence-corrected chi connectivity index (χ2v) is 5.14. The number of amides is 1. The summed E-state index contributed by atoms with van der Waals surface area (Å²) >= 11 is 5.60. The first-order chi connectivity index (χ1) is 10.7. The number of aromatic nitrogens is 3. The smallest absolute Gasteiger partial charge is 0.358 e. The maximum absolute atomic E-state index is 14.5. The third-order valence-corrected chi connectivity index (χ3v) is 3.58. The highest BCUT2D eigenvalue weighted by Gasteiger charge is 2.59. The summed E-state index contributed by atoms with van der Waals surface area (Å²) < 4.78 is 43.2. The van der Waals surface area contributed by atoms with Gasteiger partial charge >= 0.3 is 5.92 Å². The van der Waals surface area contributed by atoms with Crippen LogP contribution in [0.15, 0.2) is 30.9 Å². The van der Waals surface area contributed by atoms with Gasteiger partial charge in [0.05, 0.1) is 11.6 Å². The molecule has 1 heterocycles. The number of carbonyl (C=O) groups excluding carboxylic acids is 1. The van der Waals surface area contributed by atoms with Crippen LogP contribution in [0.3, 0.4) is 0 Å². The zero-order valence-corrected chi connectivity index (χ0v) is 12.6. The van der Waals surface area contributed by atoms with Crippen LogP contribution in [-0.2, 0) is 16.9 Å². The van der Waals surface area contributed by atoms with Crippen molar-refractivity contribution in [2.24, 2.45) is 0 Å². The highest BCUT2D eigenvalue weighted by Crippen LogP contribution is 2.40. The Morgan fingerprint density at radius 1 is 1.48 bits per heavy atom. The second-order valence-electron chi connectivity index (χ2n) is 4.74. The number of alkyl halides is 2. The third kappa shape index (κ3) is 3.02. The van der Waals surface area contributed by atoms with E-state index in [0.717, 1.165) is 42.6 Å². The molecule has 1 aromatic heterocycles. The Morgan fingerprint density at radius 3 is 2.70 bits per heavy atom. The number of rotatable bonds is 5. The Hall–Kier alpha value is -2.13. The summed E-state index contributed by atoms with van der Waals surface area (Å²) in [6.07, 6.45) is 2.17. The monoisotopic (exact) mass is 348 g/mol. The van der Waals surface area contributed by atoms with Crippen molar-refractivity contribution in [3.05, 3.63) is 47.3 Å². The molecule has 0 aliphatic heterocycles. The van der Waals surface area contributed by atoms with Crippen LogP contribution in [0.4, 0.5) is 13.2 Å². The van der Waals surface area contributed by atoms with Crippen LogP contribution in [0.25, 0.3) is 0 Å². The molecule has 2 rings (SSSR count). The minimum absolute atomic E-state index is 0.437. The van der Waals surface area contributed by atoms with E-state index in [-0.39, 0.29) is 0 Å². The molecule has 0 bridgehead atoms. The molecular formula is C13H12ClF3N4O2. The molecule has 1 unspecified atom stereocenters. The molecule has 1 aromatic carbocycles. The topological polar surface area (TPSA) is 80.0 Å². The lowest BCUT2D eigenvalue weighted by Gasteiger charge is -2.34. The Bertz CT molecular complexity index is 711. The van der Waals surface area contributed by atoms with E-state index in [0.29, 0.717) is 0 Å². The first-order valence-corrected chi connectivity index (χ1v) is 6.70. The summed E-state index contributed by atoms with van der Waals surface area (Å²) in [5, 5.41) is 15.6. The van der Waals surface area contributed by atoms with Crippen molar-refractivity contribution in [3.8, 4) is 0 Å². The fourth-order valence-electron chi connectivity index (χ4n) is 2.02. The highest BCUT2D eigenvalue weighted by molar-refractivity contribution is 6.30. The average Bonchev–Trinajstić information content (AvgIpc) is 3.01. The number of hydrogen-bond acceptors (Lipinski definition) is 4. The largest absolute Gasteiger partial charge is 0.377 e. The Balaban J connectivity index is 2.58. The standard InChI is InChI=1S/C13H12ClF3N4O2/c1-18-11(22)13(16,17)12(23,5-21-7-19-6-20-21)8-2-3-10(15)9(14)4-8/h2-4,6-7,23H,5H2,1H3,(H,18,22). The minimum Gasteiger partial charge on any atom is -0.377 e. The molecule has 6 nitrogen and oxygen atoms in total. The predicted octanol–water partition coefficient (Wildman–Crippen LogP) is 1.34. The van der Waals surface area contributed by atoms with Gasteiger partial charge in [-0.3, -0.25) is 4.79 Å². The summed E-state index contributed by atoms with van der Waals surface area (Å²) in [6, 6.07) is 2.59. The summed E-state index contributed by atoms with van der Waals surface area (Å²) in [6.45, 7) is -0.796. The van der Waals surface area contributed by atoms with Gasteiger partial charge in [0.1, 0.15) is 18.5 Å². The normalized spacial score (nSPS) is 14.3. The zero-order chi connectivity index (χ0) is 17.3. The van der Waals surface area contributed by atoms with Crippen molar-refractivity contribution in [2.75, 3.05) is 7.05 Å². The van der Waals surface area contributed by atoms with Crippen LogP contribution in [0.5, 0.6) is 0 Å². The van der Waals surface area contributed by atoms with Crippen LogP contribution in [0.1, 0.15) is 5.56 Å². The van der Waals surface area contributed by atoms with Gasteiger partial charge < -0.3 is 10.4 Å². The van der Waals surface area contributed by atoms with Gasteiger partial charge in [0, 0.05) is 7.05 Å². The molecule has 2 N–H and O–H groups in total. The molecule has 0 fully saturated rings. The number of benzene rings is 1. The first-order valence-electron chi connectivity index (χ1n) is 6.32. The van der Waals surface area contributed by atoms with Crippen molar-refractivity contribution >= 4 is 17.5 Å². The zero-order valence-electron chi connectivity index (χ0n) is 11.8. The molecule has 0 spiro atoms. The van der Waals surface area contributed by atoms with Gasteiger partial charge in [-0.1, -0.05) is 17.7 Å². The Kier molecular flexibility index (Phi) is 4.62. The van der Waals surface area contributed by atoms with Crippen molar-refractivity contribution in [2.45, 2.75) is 18.1 Å². The molecule has 0 saturated heterocycles. The quantitative estimate of drug-likeness (QED) is 0.854. The van der Waals surface area contributed by atoms with Crippen molar-refractivity contribution in [1.29, 1.82) is 0 Å². The highest BCUT2D eigenvalue weighted by atomic mass is 35.5. The lowest BCUT2D eigenvalue weighted by atomic mass is 9.86. The van der Waals surface area contributed by atoms with Crippen LogP contribution < -0.4 is 5.32 Å². The van der Waals surface area contributed by atoms with Crippen molar-refractivity contribution in [1.82, 2.24) is 20.1 Å². The minimum atomic E-state index is -4.24. The molecule has 0 aliphatic rings. The fourth-order valence-corrected chi connectivity index (χ4v) is 2.20. The van der Waals surface area contributed by atoms with E-state index in [1.807, 2.05) is 0 Å². The van der Waals surface area contributed by atoms with Crippen LogP contribution >= 0.6 is 11.6 Å². The number of hydrogen-bond donors (Lipinski definition) is 2. The SMILES string of the molecule is CNC(=O)C(F)(F)C(O)(Cn1cncn1)c1ccc(F)c(Cl)c1. The summed E-state index contributed by atoms with van der Waals surface area (Å²) in [5.41, 5.74) is -3.45. The molecular weight excluding hydrogens is 337 g/mol. The van der Waals surface area contributed by atoms with Crippen molar-refractivity contribution in [3.63, 3.8) is 0 Å². The molecule has 0 saturated carbocycles. The number of halogens is 4. The van der Waals surface area contributed by atoms with E-state index in [1.54, 1.807) is 5.32 Å². The van der Waals surface area contributed by atoms with E-state index < -0.39 is 40.4 Å². The molecule has 124 valence electrons. The van der Waals surface area contributed by atoms with Crippen molar-refractivity contribution < 1.29 is 23.1 Å². The maximum Gasteiger partial charge on any atom is 0.358 e. The average molecular weight is 349 g/mol. The van der Waals surface area contributed by atoms with Crippen LogP contribution in [0.2, 0.25) is 5.02 Å². The van der Waals surface area contributed by atoms with E-state index in [4.69, 9.17) is 11.6 Å². The van der Waals surface area contributed by atoms with Gasteiger partial charge in [0.15, 0.2) is 5.60 Å². The summed E-state index contributed by atoms with van der Waals surface area (Å²) in [4.78, 5) is 15.1. The van der Waals surface area contributed by atoms with Gasteiger partial charge in [0.2, 0.25) is 0 Å². The Morgan fingerprint density at radius 2 is 2.17 bits per heavy atom. The number of aliphatic hydroxyl groups is 1. The van der Waals surface area contributed by atoms with Gasteiger partial charge in [-0.25, -0.2) is 14.1 Å². The number of nitrogens with one attached hydrogen (secondary N) is 1. The predicted molar refractivity (Wildman–Crippen MR) is 74.3 cm³/mol. The summed E-state index contributed by atoms with van der Waals surface area (Å²) in [7, 11) is 1.00. The molecule has 1 atom stereocenters. The molecule has 23 heavy (non-hydrogen) atoms. The maximum atomic E-state index is 14.5. The van der Waals surface area contributed by atoms with E-state index in [2.05, 4.69) is 10.1 Å².